The summed E-state index contributed by atoms with van der Waals surface area (Å²) in [6.45, 7) is 5.84. The molecule has 2 atom stereocenters. The third-order valence-electron chi connectivity index (χ3n) is 2.60. The van der Waals surface area contributed by atoms with Gasteiger partial charge in [0.2, 0.25) is 0 Å². The highest BCUT2D eigenvalue weighted by Gasteiger charge is 2.35. The summed E-state index contributed by atoms with van der Waals surface area (Å²) in [5, 5.41) is 19.2. The van der Waals surface area contributed by atoms with E-state index in [2.05, 4.69) is 0 Å². The molecule has 0 aromatic heterocycles. The van der Waals surface area contributed by atoms with Gasteiger partial charge in [-0.1, -0.05) is 20.8 Å². The van der Waals surface area contributed by atoms with E-state index in [9.17, 15) is 5.11 Å². The first-order valence-corrected chi connectivity index (χ1v) is 4.29. The Morgan fingerprint density at radius 1 is 1.50 bits per heavy atom. The van der Waals surface area contributed by atoms with E-state index < -0.39 is 5.60 Å². The number of hydrogen-bond donors (Lipinski definition) is 2. The lowest BCUT2D eigenvalue weighted by Gasteiger charge is -2.35. The fraction of sp³-hybridized carbons (Fsp3) is 0.600. The van der Waals surface area contributed by atoms with E-state index in [1.54, 1.807) is 18.2 Å². The second-order valence-corrected chi connectivity index (χ2v) is 3.76. The number of allylic oxidation sites excluding steroid dienone is 1. The van der Waals surface area contributed by atoms with Gasteiger partial charge in [0.05, 0.1) is 5.60 Å². The lowest BCUT2D eigenvalue weighted by atomic mass is 9.77. The van der Waals surface area contributed by atoms with Crippen LogP contribution in [-0.2, 0) is 0 Å². The van der Waals surface area contributed by atoms with Crippen LogP contribution in [0.4, 0.5) is 0 Å². The van der Waals surface area contributed by atoms with Gasteiger partial charge in [-0.25, -0.2) is 0 Å². The highest BCUT2D eigenvalue weighted by Crippen LogP contribution is 2.32. The van der Waals surface area contributed by atoms with Crippen molar-refractivity contribution in [1.82, 2.24) is 0 Å². The van der Waals surface area contributed by atoms with Gasteiger partial charge in [-0.05, 0) is 24.1 Å². The molecule has 2 unspecified atom stereocenters. The molecular formula is C10H16O2. The molecule has 0 saturated carbocycles. The van der Waals surface area contributed by atoms with Crippen molar-refractivity contribution in [3.63, 3.8) is 0 Å². The molecule has 1 rings (SSSR count). The van der Waals surface area contributed by atoms with E-state index in [1.165, 1.54) is 0 Å². The predicted octanol–water partition coefficient (Wildman–Crippen LogP) is 2.02. The third kappa shape index (κ3) is 1.39. The number of rotatable bonds is 1. The van der Waals surface area contributed by atoms with E-state index >= 15 is 0 Å². The molecule has 0 aromatic carbocycles. The lowest BCUT2D eigenvalue weighted by molar-refractivity contribution is 0.00668. The van der Waals surface area contributed by atoms with Crippen LogP contribution < -0.4 is 0 Å². The molecule has 0 spiro atoms. The Balaban J connectivity index is 2.91. The smallest absolute Gasteiger partial charge is 0.111 e. The SMILES string of the molecule is CC(C)C1(O)C=CC(O)=CC1C. The second kappa shape index (κ2) is 2.94. The summed E-state index contributed by atoms with van der Waals surface area (Å²) in [6, 6.07) is 0. The maximum Gasteiger partial charge on any atom is 0.111 e. The maximum atomic E-state index is 10.1. The monoisotopic (exact) mass is 168 g/mol. The van der Waals surface area contributed by atoms with E-state index in [4.69, 9.17) is 5.11 Å². The molecular weight excluding hydrogens is 152 g/mol. The van der Waals surface area contributed by atoms with Gasteiger partial charge in [-0.15, -0.1) is 0 Å². The van der Waals surface area contributed by atoms with Gasteiger partial charge in [0.25, 0.3) is 0 Å². The minimum Gasteiger partial charge on any atom is -0.508 e. The van der Waals surface area contributed by atoms with Crippen molar-refractivity contribution in [3.05, 3.63) is 24.0 Å². The van der Waals surface area contributed by atoms with Crippen molar-refractivity contribution < 1.29 is 10.2 Å². The summed E-state index contributed by atoms with van der Waals surface area (Å²) in [7, 11) is 0. The molecule has 0 bridgehead atoms. The van der Waals surface area contributed by atoms with Gasteiger partial charge in [0.1, 0.15) is 5.76 Å². The molecule has 2 nitrogen and oxygen atoms in total. The van der Waals surface area contributed by atoms with Gasteiger partial charge in [-0.2, -0.15) is 0 Å². The van der Waals surface area contributed by atoms with Crippen LogP contribution in [0, 0.1) is 11.8 Å². The Labute approximate surface area is 73.2 Å². The molecule has 12 heavy (non-hydrogen) atoms. The Hall–Kier alpha value is -0.760. The summed E-state index contributed by atoms with van der Waals surface area (Å²) in [6.07, 6.45) is 4.91. The quantitative estimate of drug-likeness (QED) is 0.629. The summed E-state index contributed by atoms with van der Waals surface area (Å²) in [4.78, 5) is 0. The lowest BCUT2D eigenvalue weighted by Crippen LogP contribution is -2.40. The third-order valence-corrected chi connectivity index (χ3v) is 2.60. The predicted molar refractivity (Wildman–Crippen MR) is 48.8 cm³/mol. The van der Waals surface area contributed by atoms with Crippen LogP contribution >= 0.6 is 0 Å². The zero-order chi connectivity index (χ0) is 9.35. The molecule has 0 amide bonds. The first-order chi connectivity index (χ1) is 5.47. The van der Waals surface area contributed by atoms with Gasteiger partial charge in [0.15, 0.2) is 0 Å². The molecule has 2 N–H and O–H groups in total. The van der Waals surface area contributed by atoms with Crippen LogP contribution in [0.25, 0.3) is 0 Å². The summed E-state index contributed by atoms with van der Waals surface area (Å²) >= 11 is 0. The standard InChI is InChI=1S/C10H16O2/c1-7(2)10(12)5-4-9(11)6-8(10)3/h4-8,11-12H,1-3H3. The highest BCUT2D eigenvalue weighted by molar-refractivity contribution is 5.25. The van der Waals surface area contributed by atoms with Crippen LogP contribution in [-0.4, -0.2) is 15.8 Å². The topological polar surface area (TPSA) is 40.5 Å². The molecule has 0 saturated heterocycles. The van der Waals surface area contributed by atoms with Crippen LogP contribution in [0.2, 0.25) is 0 Å². The van der Waals surface area contributed by atoms with E-state index in [-0.39, 0.29) is 17.6 Å². The van der Waals surface area contributed by atoms with Gasteiger partial charge in [-0.3, -0.25) is 0 Å². The fourth-order valence-corrected chi connectivity index (χ4v) is 1.53. The van der Waals surface area contributed by atoms with Crippen molar-refractivity contribution >= 4 is 0 Å². The highest BCUT2D eigenvalue weighted by atomic mass is 16.3. The molecule has 1 aliphatic rings. The Morgan fingerprint density at radius 2 is 2.08 bits per heavy atom. The normalized spacial score (nSPS) is 35.4. The Morgan fingerprint density at radius 3 is 2.50 bits per heavy atom. The van der Waals surface area contributed by atoms with E-state index in [0.29, 0.717) is 0 Å². The fourth-order valence-electron chi connectivity index (χ4n) is 1.53. The average Bonchev–Trinajstić information content (AvgIpc) is 1.97. The minimum absolute atomic E-state index is 0.0255. The first kappa shape index (κ1) is 9.33. The van der Waals surface area contributed by atoms with Crippen molar-refractivity contribution in [3.8, 4) is 0 Å². The summed E-state index contributed by atoms with van der Waals surface area (Å²) in [5.41, 5.74) is -0.799. The molecule has 0 fully saturated rings. The molecule has 1 aliphatic carbocycles. The Bertz CT molecular complexity index is 228. The minimum atomic E-state index is -0.799. The summed E-state index contributed by atoms with van der Waals surface area (Å²) in [5.74, 6) is 0.378. The molecule has 0 aromatic rings. The second-order valence-electron chi connectivity index (χ2n) is 3.76. The van der Waals surface area contributed by atoms with Crippen molar-refractivity contribution in [2.45, 2.75) is 26.4 Å². The number of hydrogen-bond acceptors (Lipinski definition) is 2. The van der Waals surface area contributed by atoms with Crippen LogP contribution in [0.1, 0.15) is 20.8 Å². The van der Waals surface area contributed by atoms with Crippen LogP contribution in [0.3, 0.4) is 0 Å². The van der Waals surface area contributed by atoms with Gasteiger partial charge in [0, 0.05) is 5.92 Å². The van der Waals surface area contributed by atoms with Crippen molar-refractivity contribution in [1.29, 1.82) is 0 Å². The van der Waals surface area contributed by atoms with Gasteiger partial charge >= 0.3 is 0 Å². The van der Waals surface area contributed by atoms with Crippen molar-refractivity contribution in [2.75, 3.05) is 0 Å². The number of aliphatic hydroxyl groups excluding tert-OH is 1. The van der Waals surface area contributed by atoms with E-state index in [1.807, 2.05) is 20.8 Å². The van der Waals surface area contributed by atoms with Crippen molar-refractivity contribution in [2.24, 2.45) is 11.8 Å². The van der Waals surface area contributed by atoms with Crippen LogP contribution in [0.5, 0.6) is 0 Å². The summed E-state index contributed by atoms with van der Waals surface area (Å²) < 4.78 is 0. The van der Waals surface area contributed by atoms with E-state index in [0.717, 1.165) is 0 Å². The average molecular weight is 168 g/mol. The van der Waals surface area contributed by atoms with Crippen LogP contribution in [0.15, 0.2) is 24.0 Å². The molecule has 0 radical (unpaired) electrons. The molecule has 2 heteroatoms. The first-order valence-electron chi connectivity index (χ1n) is 4.29. The van der Waals surface area contributed by atoms with Gasteiger partial charge < -0.3 is 10.2 Å². The zero-order valence-electron chi connectivity index (χ0n) is 7.78. The maximum absolute atomic E-state index is 10.1. The largest absolute Gasteiger partial charge is 0.508 e. The molecule has 68 valence electrons. The zero-order valence-corrected chi connectivity index (χ0v) is 7.78. The Kier molecular flexibility index (Phi) is 2.29. The number of aliphatic hydroxyl groups is 2. The molecule has 0 aliphatic heterocycles. The molecule has 0 heterocycles.